The third-order valence-corrected chi connectivity index (χ3v) is 7.56. The van der Waals surface area contributed by atoms with Gasteiger partial charge in [0.25, 0.3) is 5.56 Å². The van der Waals surface area contributed by atoms with Crippen LogP contribution in [0.4, 0.5) is 0 Å². The molecule has 1 N–H and O–H groups in total. The molecule has 2 aromatic heterocycles. The van der Waals surface area contributed by atoms with Crippen molar-refractivity contribution in [2.75, 3.05) is 19.7 Å². The van der Waals surface area contributed by atoms with E-state index in [1.54, 1.807) is 6.20 Å². The number of hydrogen-bond donors (Lipinski definition) is 1. The van der Waals surface area contributed by atoms with Crippen LogP contribution in [-0.4, -0.2) is 56.1 Å². The zero-order valence-electron chi connectivity index (χ0n) is 19.1. The molecular formula is C26H32N4O3. The maximum atomic E-state index is 13.8. The minimum Gasteiger partial charge on any atom is -0.396 e. The van der Waals surface area contributed by atoms with Gasteiger partial charge in [-0.25, -0.2) is 0 Å². The first-order valence-electron chi connectivity index (χ1n) is 12.1. The van der Waals surface area contributed by atoms with E-state index in [2.05, 4.69) is 9.88 Å². The second-order valence-electron chi connectivity index (χ2n) is 9.41. The molecule has 4 atom stereocenters. The van der Waals surface area contributed by atoms with Crippen LogP contribution >= 0.6 is 0 Å². The molecule has 3 aliphatic rings. The molecule has 3 aliphatic heterocycles. The predicted molar refractivity (Wildman–Crippen MR) is 126 cm³/mol. The summed E-state index contributed by atoms with van der Waals surface area (Å²) in [6, 6.07) is 9.20. The van der Waals surface area contributed by atoms with E-state index >= 15 is 0 Å². The van der Waals surface area contributed by atoms with Crippen molar-refractivity contribution in [2.24, 2.45) is 11.8 Å². The van der Waals surface area contributed by atoms with Crippen molar-refractivity contribution >= 4 is 12.0 Å². The van der Waals surface area contributed by atoms with E-state index in [4.69, 9.17) is 0 Å². The average molecular weight is 449 g/mol. The maximum Gasteiger partial charge on any atom is 0.258 e. The highest BCUT2D eigenvalue weighted by molar-refractivity contribution is 5.83. The van der Waals surface area contributed by atoms with E-state index in [-0.39, 0.29) is 36.0 Å². The lowest BCUT2D eigenvalue weighted by Gasteiger charge is -2.36. The highest BCUT2D eigenvalue weighted by Gasteiger charge is 2.56. The molecular weight excluding hydrogens is 416 g/mol. The molecule has 0 bridgehead atoms. The van der Waals surface area contributed by atoms with Crippen molar-refractivity contribution < 1.29 is 9.90 Å². The number of carbonyl (C=O) groups excluding carboxylic acids is 1. The molecule has 0 aromatic carbocycles. The molecule has 0 saturated carbocycles. The van der Waals surface area contributed by atoms with Gasteiger partial charge in [-0.15, -0.1) is 0 Å². The van der Waals surface area contributed by atoms with Crippen LogP contribution < -0.4 is 5.56 Å². The van der Waals surface area contributed by atoms with Gasteiger partial charge in [0, 0.05) is 62.1 Å². The van der Waals surface area contributed by atoms with Gasteiger partial charge in [0.15, 0.2) is 0 Å². The number of hydrogen-bond acceptors (Lipinski definition) is 5. The summed E-state index contributed by atoms with van der Waals surface area (Å²) in [5.74, 6) is -0.109. The van der Waals surface area contributed by atoms with Crippen molar-refractivity contribution in [3.8, 4) is 0 Å². The molecule has 5 rings (SSSR count). The van der Waals surface area contributed by atoms with Crippen LogP contribution in [0.2, 0.25) is 0 Å². The quantitative estimate of drug-likeness (QED) is 0.760. The molecule has 5 heterocycles. The van der Waals surface area contributed by atoms with Crippen molar-refractivity contribution in [2.45, 2.75) is 51.4 Å². The second kappa shape index (κ2) is 9.23. The highest BCUT2D eigenvalue weighted by atomic mass is 16.3. The first-order chi connectivity index (χ1) is 16.1. The number of nitrogens with zero attached hydrogens (tertiary/aromatic N) is 4. The number of fused-ring (bicyclic) bond motifs is 3. The van der Waals surface area contributed by atoms with Gasteiger partial charge in [0.1, 0.15) is 0 Å². The zero-order chi connectivity index (χ0) is 22.9. The minimum absolute atomic E-state index is 0.00556. The second-order valence-corrected chi connectivity index (χ2v) is 9.41. The molecule has 2 aromatic rings. The predicted octanol–water partition coefficient (Wildman–Crippen LogP) is 2.45. The number of likely N-dealkylation sites (tertiary alicyclic amines) is 2. The maximum absolute atomic E-state index is 13.8. The Morgan fingerprint density at radius 1 is 1.18 bits per heavy atom. The Labute approximate surface area is 194 Å². The summed E-state index contributed by atoms with van der Waals surface area (Å²) in [4.78, 5) is 35.6. The fourth-order valence-electron chi connectivity index (χ4n) is 6.07. The molecule has 33 heavy (non-hydrogen) atoms. The minimum atomic E-state index is -0.413. The molecule has 2 fully saturated rings. The van der Waals surface area contributed by atoms with Gasteiger partial charge >= 0.3 is 0 Å². The van der Waals surface area contributed by atoms with Crippen LogP contribution in [0.5, 0.6) is 0 Å². The van der Waals surface area contributed by atoms with Crippen molar-refractivity contribution in [1.82, 2.24) is 19.4 Å². The smallest absolute Gasteiger partial charge is 0.258 e. The fraction of sp³-hybridized carbons (Fsp3) is 0.500. The molecule has 0 radical (unpaired) electrons. The molecule has 2 saturated heterocycles. The summed E-state index contributed by atoms with van der Waals surface area (Å²) in [6.07, 6.45) is 8.69. The van der Waals surface area contributed by atoms with Gasteiger partial charge in [0.2, 0.25) is 5.91 Å². The molecule has 0 aliphatic carbocycles. The Morgan fingerprint density at radius 3 is 2.70 bits per heavy atom. The van der Waals surface area contributed by atoms with E-state index in [1.165, 1.54) is 0 Å². The van der Waals surface area contributed by atoms with Gasteiger partial charge in [-0.2, -0.15) is 0 Å². The lowest BCUT2D eigenvalue weighted by Crippen LogP contribution is -2.51. The third-order valence-electron chi connectivity index (χ3n) is 7.56. The van der Waals surface area contributed by atoms with Gasteiger partial charge in [-0.3, -0.25) is 19.5 Å². The Hall–Kier alpha value is -2.77. The van der Waals surface area contributed by atoms with Crippen molar-refractivity contribution in [3.05, 3.63) is 69.9 Å². The molecule has 0 unspecified atom stereocenters. The average Bonchev–Trinajstić information content (AvgIpc) is 3.37. The van der Waals surface area contributed by atoms with E-state index in [0.717, 1.165) is 43.7 Å². The van der Waals surface area contributed by atoms with Crippen LogP contribution in [0.25, 0.3) is 6.08 Å². The van der Waals surface area contributed by atoms with Crippen LogP contribution in [0, 0.1) is 11.8 Å². The number of rotatable bonds is 5. The van der Waals surface area contributed by atoms with E-state index in [9.17, 15) is 14.7 Å². The molecule has 174 valence electrons. The van der Waals surface area contributed by atoms with Crippen LogP contribution in [0.3, 0.4) is 0 Å². The van der Waals surface area contributed by atoms with E-state index in [0.29, 0.717) is 18.7 Å². The first kappa shape index (κ1) is 22.0. The van der Waals surface area contributed by atoms with Gasteiger partial charge < -0.3 is 14.6 Å². The first-order valence-corrected chi connectivity index (χ1v) is 12.1. The Bertz CT molecular complexity index is 1090. The van der Waals surface area contributed by atoms with E-state index in [1.807, 2.05) is 58.9 Å². The summed E-state index contributed by atoms with van der Waals surface area (Å²) in [6.45, 7) is 4.42. The summed E-state index contributed by atoms with van der Waals surface area (Å²) < 4.78 is 1.85. The SMILES string of the molecule is C/C=C\c1ccc2n(c1=O)C[C@@H]1[C@@H](CO)[C@H](C(=O)N3CCCCC3)N(Cc3ccccn3)[C@H]21. The fourth-order valence-corrected chi connectivity index (χ4v) is 6.07. The molecule has 7 nitrogen and oxygen atoms in total. The standard InChI is InChI=1S/C26H32N4O3/c1-2-8-18-10-11-22-23-20(16-29(22)25(18)32)21(17-31)24(26(33)28-13-6-3-7-14-28)30(23)15-19-9-4-5-12-27-19/h2,4-5,8-12,20-21,23-24,31H,3,6-7,13-17H2,1H3/b8-2-/t20-,21-,23+,24-/m1/s1. The van der Waals surface area contributed by atoms with E-state index < -0.39 is 6.04 Å². The van der Waals surface area contributed by atoms with Crippen LogP contribution in [0.1, 0.15) is 49.2 Å². The number of aromatic nitrogens is 2. The van der Waals surface area contributed by atoms with Crippen molar-refractivity contribution in [3.63, 3.8) is 0 Å². The highest BCUT2D eigenvalue weighted by Crippen LogP contribution is 2.50. The number of allylic oxidation sites excluding steroid dienone is 1. The molecule has 7 heteroatoms. The lowest BCUT2D eigenvalue weighted by atomic mass is 9.88. The Morgan fingerprint density at radius 2 is 2.00 bits per heavy atom. The lowest BCUT2D eigenvalue weighted by molar-refractivity contribution is -0.139. The third kappa shape index (κ3) is 3.83. The largest absolute Gasteiger partial charge is 0.396 e. The van der Waals surface area contributed by atoms with Crippen LogP contribution in [-0.2, 0) is 17.9 Å². The number of carbonyl (C=O) groups is 1. The summed E-state index contributed by atoms with van der Waals surface area (Å²) >= 11 is 0. The number of amides is 1. The number of piperidine rings is 1. The summed E-state index contributed by atoms with van der Waals surface area (Å²) in [5, 5.41) is 10.5. The summed E-state index contributed by atoms with van der Waals surface area (Å²) in [7, 11) is 0. The van der Waals surface area contributed by atoms with Crippen molar-refractivity contribution in [1.29, 1.82) is 0 Å². The number of pyridine rings is 2. The topological polar surface area (TPSA) is 78.7 Å². The van der Waals surface area contributed by atoms with Gasteiger partial charge in [0.05, 0.1) is 17.8 Å². The number of aliphatic hydroxyl groups excluding tert-OH is 1. The van der Waals surface area contributed by atoms with Gasteiger partial charge in [-0.1, -0.05) is 18.2 Å². The molecule has 0 spiro atoms. The Balaban J connectivity index is 1.57. The number of aliphatic hydroxyl groups is 1. The molecule has 1 amide bonds. The normalized spacial score (nSPS) is 27.2. The van der Waals surface area contributed by atoms with Crippen LogP contribution in [0.15, 0.2) is 47.4 Å². The zero-order valence-corrected chi connectivity index (χ0v) is 19.1. The van der Waals surface area contributed by atoms with Gasteiger partial charge in [-0.05, 0) is 50.5 Å². The summed E-state index contributed by atoms with van der Waals surface area (Å²) in [5.41, 5.74) is 2.48. The Kier molecular flexibility index (Phi) is 6.17. The monoisotopic (exact) mass is 448 g/mol.